The number of hydrogen-bond acceptors (Lipinski definition) is 2. The van der Waals surface area contributed by atoms with Crippen molar-refractivity contribution in [3.8, 4) is 5.75 Å². The van der Waals surface area contributed by atoms with E-state index in [0.717, 1.165) is 27.8 Å². The number of benzene rings is 2. The van der Waals surface area contributed by atoms with Crippen LogP contribution in [-0.4, -0.2) is 29.9 Å². The number of methoxy groups -OCH3 is 1. The molecule has 1 aromatic heterocycles. The monoisotopic (exact) mass is 326 g/mol. The Morgan fingerprint density at radius 1 is 1.25 bits per heavy atom. The SMILES string of the molecule is COc1ccc2[nH]cc(CC(=O)N(C)Cc3cccc(F)c3)c2c1. The van der Waals surface area contributed by atoms with Gasteiger partial charge in [-0.25, -0.2) is 4.39 Å². The van der Waals surface area contributed by atoms with E-state index in [2.05, 4.69) is 4.98 Å². The maximum absolute atomic E-state index is 13.3. The molecule has 0 atom stereocenters. The maximum atomic E-state index is 13.3. The molecule has 1 amide bonds. The number of aromatic amines is 1. The fraction of sp³-hybridized carbons (Fsp3) is 0.211. The van der Waals surface area contributed by atoms with E-state index in [1.807, 2.05) is 30.5 Å². The third kappa shape index (κ3) is 3.40. The van der Waals surface area contributed by atoms with Gasteiger partial charge in [-0.1, -0.05) is 12.1 Å². The summed E-state index contributed by atoms with van der Waals surface area (Å²) in [5, 5.41) is 0.974. The van der Waals surface area contributed by atoms with Crippen molar-refractivity contribution in [2.45, 2.75) is 13.0 Å². The molecule has 0 saturated heterocycles. The normalized spacial score (nSPS) is 10.8. The minimum absolute atomic E-state index is 0.0250. The van der Waals surface area contributed by atoms with Crippen molar-refractivity contribution in [2.75, 3.05) is 14.2 Å². The number of nitrogens with one attached hydrogen (secondary N) is 1. The lowest BCUT2D eigenvalue weighted by atomic mass is 10.1. The molecule has 0 aliphatic rings. The molecule has 0 unspecified atom stereocenters. The number of carbonyl (C=O) groups is 1. The Kier molecular flexibility index (Phi) is 4.51. The molecule has 1 heterocycles. The first-order valence-corrected chi connectivity index (χ1v) is 7.69. The quantitative estimate of drug-likeness (QED) is 0.780. The van der Waals surface area contributed by atoms with Crippen LogP contribution in [0.25, 0.3) is 10.9 Å². The number of rotatable bonds is 5. The number of fused-ring (bicyclic) bond motifs is 1. The highest BCUT2D eigenvalue weighted by Crippen LogP contribution is 2.24. The number of nitrogens with zero attached hydrogens (tertiary/aromatic N) is 1. The van der Waals surface area contributed by atoms with E-state index < -0.39 is 0 Å². The van der Waals surface area contributed by atoms with E-state index in [1.54, 1.807) is 25.1 Å². The molecule has 24 heavy (non-hydrogen) atoms. The van der Waals surface area contributed by atoms with Crippen LogP contribution in [0.5, 0.6) is 5.75 Å². The highest BCUT2D eigenvalue weighted by molar-refractivity contribution is 5.89. The zero-order valence-electron chi connectivity index (χ0n) is 13.7. The van der Waals surface area contributed by atoms with Gasteiger partial charge in [-0.05, 0) is 41.5 Å². The number of ether oxygens (including phenoxy) is 1. The Hall–Kier alpha value is -2.82. The Morgan fingerprint density at radius 2 is 2.08 bits per heavy atom. The molecule has 0 saturated carbocycles. The van der Waals surface area contributed by atoms with Gasteiger partial charge in [0.05, 0.1) is 13.5 Å². The summed E-state index contributed by atoms with van der Waals surface area (Å²) in [6, 6.07) is 12.0. The molecule has 0 fully saturated rings. The number of hydrogen-bond donors (Lipinski definition) is 1. The zero-order chi connectivity index (χ0) is 17.1. The first-order valence-electron chi connectivity index (χ1n) is 7.69. The fourth-order valence-electron chi connectivity index (χ4n) is 2.73. The minimum atomic E-state index is -0.294. The van der Waals surface area contributed by atoms with Gasteiger partial charge in [0.15, 0.2) is 0 Å². The van der Waals surface area contributed by atoms with Crippen molar-refractivity contribution in [2.24, 2.45) is 0 Å². The summed E-state index contributed by atoms with van der Waals surface area (Å²) in [5.41, 5.74) is 2.65. The molecule has 0 aliphatic heterocycles. The average molecular weight is 326 g/mol. The second kappa shape index (κ2) is 6.74. The van der Waals surface area contributed by atoms with Crippen molar-refractivity contribution < 1.29 is 13.9 Å². The number of halogens is 1. The molecule has 0 radical (unpaired) electrons. The van der Waals surface area contributed by atoms with Gasteiger partial charge in [0, 0.05) is 30.7 Å². The average Bonchev–Trinajstić information content (AvgIpc) is 2.97. The van der Waals surface area contributed by atoms with E-state index in [1.165, 1.54) is 12.1 Å². The number of aromatic nitrogens is 1. The fourth-order valence-corrected chi connectivity index (χ4v) is 2.73. The predicted octanol–water partition coefficient (Wildman–Crippen LogP) is 3.52. The van der Waals surface area contributed by atoms with Crippen molar-refractivity contribution in [1.82, 2.24) is 9.88 Å². The van der Waals surface area contributed by atoms with Gasteiger partial charge in [0.1, 0.15) is 11.6 Å². The predicted molar refractivity (Wildman–Crippen MR) is 91.4 cm³/mol. The minimum Gasteiger partial charge on any atom is -0.497 e. The second-order valence-electron chi connectivity index (χ2n) is 5.78. The lowest BCUT2D eigenvalue weighted by Gasteiger charge is -2.17. The number of carbonyl (C=O) groups excluding carboxylic acids is 1. The summed E-state index contributed by atoms with van der Waals surface area (Å²) < 4.78 is 18.5. The number of likely N-dealkylation sites (N-methyl/N-ethyl adjacent to an activating group) is 1. The third-order valence-corrected chi connectivity index (χ3v) is 4.05. The lowest BCUT2D eigenvalue weighted by Crippen LogP contribution is -2.27. The Labute approximate surface area is 139 Å². The van der Waals surface area contributed by atoms with E-state index in [-0.39, 0.29) is 18.1 Å². The largest absolute Gasteiger partial charge is 0.497 e. The standard InChI is InChI=1S/C19H19FN2O2/c1-22(12-13-4-3-5-15(20)8-13)19(23)9-14-11-21-18-7-6-16(24-2)10-17(14)18/h3-8,10-11,21H,9,12H2,1-2H3. The van der Waals surface area contributed by atoms with Crippen LogP contribution in [0, 0.1) is 5.82 Å². The van der Waals surface area contributed by atoms with Gasteiger partial charge < -0.3 is 14.6 Å². The smallest absolute Gasteiger partial charge is 0.227 e. The van der Waals surface area contributed by atoms with Crippen molar-refractivity contribution in [3.63, 3.8) is 0 Å². The summed E-state index contributed by atoms with van der Waals surface area (Å²) in [5.74, 6) is 0.434. The summed E-state index contributed by atoms with van der Waals surface area (Å²) in [4.78, 5) is 17.3. The Bertz CT molecular complexity index is 873. The van der Waals surface area contributed by atoms with Crippen LogP contribution < -0.4 is 4.74 Å². The van der Waals surface area contributed by atoms with Crippen LogP contribution in [0.2, 0.25) is 0 Å². The molecule has 2 aromatic carbocycles. The summed E-state index contributed by atoms with van der Waals surface area (Å²) in [6.45, 7) is 0.377. The molecular formula is C19H19FN2O2. The first kappa shape index (κ1) is 16.1. The third-order valence-electron chi connectivity index (χ3n) is 4.05. The van der Waals surface area contributed by atoms with Crippen LogP contribution in [0.15, 0.2) is 48.7 Å². The number of amides is 1. The molecule has 124 valence electrons. The molecule has 1 N–H and O–H groups in total. The summed E-state index contributed by atoms with van der Waals surface area (Å²) in [6.07, 6.45) is 2.12. The van der Waals surface area contributed by atoms with Gasteiger partial charge in [-0.15, -0.1) is 0 Å². The summed E-state index contributed by atoms with van der Waals surface area (Å²) in [7, 11) is 3.34. The van der Waals surface area contributed by atoms with E-state index in [9.17, 15) is 9.18 Å². The van der Waals surface area contributed by atoms with Crippen LogP contribution in [0.4, 0.5) is 4.39 Å². The summed E-state index contributed by atoms with van der Waals surface area (Å²) >= 11 is 0. The molecule has 0 spiro atoms. The Balaban J connectivity index is 1.74. The van der Waals surface area contributed by atoms with Gasteiger partial charge in [-0.2, -0.15) is 0 Å². The van der Waals surface area contributed by atoms with Gasteiger partial charge in [0.25, 0.3) is 0 Å². The highest BCUT2D eigenvalue weighted by atomic mass is 19.1. The van der Waals surface area contributed by atoms with Gasteiger partial charge in [0.2, 0.25) is 5.91 Å². The van der Waals surface area contributed by atoms with E-state index >= 15 is 0 Å². The molecule has 3 rings (SSSR count). The maximum Gasteiger partial charge on any atom is 0.227 e. The van der Waals surface area contributed by atoms with Crippen molar-refractivity contribution in [1.29, 1.82) is 0 Å². The molecule has 0 aliphatic carbocycles. The second-order valence-corrected chi connectivity index (χ2v) is 5.78. The van der Waals surface area contributed by atoms with Crippen LogP contribution >= 0.6 is 0 Å². The molecule has 4 nitrogen and oxygen atoms in total. The molecule has 0 bridgehead atoms. The van der Waals surface area contributed by atoms with Crippen LogP contribution in [0.3, 0.4) is 0 Å². The molecule has 5 heteroatoms. The first-order chi connectivity index (χ1) is 11.6. The van der Waals surface area contributed by atoms with Crippen molar-refractivity contribution >= 4 is 16.8 Å². The van der Waals surface area contributed by atoms with Gasteiger partial charge >= 0.3 is 0 Å². The molecular weight excluding hydrogens is 307 g/mol. The number of H-pyrrole nitrogens is 1. The van der Waals surface area contributed by atoms with E-state index in [4.69, 9.17) is 4.74 Å². The van der Waals surface area contributed by atoms with Crippen LogP contribution in [-0.2, 0) is 17.8 Å². The Morgan fingerprint density at radius 3 is 2.83 bits per heavy atom. The van der Waals surface area contributed by atoms with Crippen molar-refractivity contribution in [3.05, 3.63) is 65.6 Å². The van der Waals surface area contributed by atoms with Gasteiger partial charge in [-0.3, -0.25) is 4.79 Å². The molecule has 3 aromatic rings. The van der Waals surface area contributed by atoms with E-state index in [0.29, 0.717) is 6.54 Å². The topological polar surface area (TPSA) is 45.3 Å². The highest BCUT2D eigenvalue weighted by Gasteiger charge is 2.14. The lowest BCUT2D eigenvalue weighted by molar-refractivity contribution is -0.129. The van der Waals surface area contributed by atoms with Crippen LogP contribution in [0.1, 0.15) is 11.1 Å². The zero-order valence-corrected chi connectivity index (χ0v) is 13.7.